The molecule has 0 saturated heterocycles. The Labute approximate surface area is 577 Å². The molecule has 12 rings (SSSR count). The summed E-state index contributed by atoms with van der Waals surface area (Å²) in [6.07, 6.45) is 5.89. The van der Waals surface area contributed by atoms with E-state index in [4.69, 9.17) is 45.9 Å². The lowest BCUT2D eigenvalue weighted by molar-refractivity contribution is 0.794. The van der Waals surface area contributed by atoms with Crippen molar-refractivity contribution in [2.75, 3.05) is 45.9 Å². The fraction of sp³-hybridized carbons (Fsp3) is 0.191. The molecule has 0 bridgehead atoms. The lowest BCUT2D eigenvalue weighted by atomic mass is 9.80. The Morgan fingerprint density at radius 3 is 0.732 bits per heavy atom. The van der Waals surface area contributed by atoms with Gasteiger partial charge in [-0.25, -0.2) is 0 Å². The van der Waals surface area contributed by atoms with E-state index in [0.29, 0.717) is 0 Å². The van der Waals surface area contributed by atoms with E-state index in [0.717, 1.165) is 58.3 Å². The molecule has 0 radical (unpaired) electrons. The average molecular weight is 1280 g/mol. The number of nitrogen functional groups attached to an aromatic ring is 8. The SMILES string of the molecule is CCCCc1ccc(C(c2ccc(N)cc2)c2ccc(N)cc2)cc1.CCCc1ccc(C(c2ccc(N)cc2)c2ccc(N)cc2)cc1.Cc1cc(C)c(C(c2ccc(N)cc2)c2ccc(N)cc2)c(C)c1.Cc1cc(C)c(C(c2ccc(N)cc2)c2ccc(N)cc2)cc1C. The Morgan fingerprint density at radius 2 is 0.464 bits per heavy atom. The lowest BCUT2D eigenvalue weighted by Crippen LogP contribution is -2.08. The fourth-order valence-corrected chi connectivity index (χ4v) is 13.1. The van der Waals surface area contributed by atoms with Crippen LogP contribution in [0.3, 0.4) is 0 Å². The summed E-state index contributed by atoms with van der Waals surface area (Å²) in [5.41, 5.74) is 79.1. The number of unbranched alkanes of at least 4 members (excludes halogenated alkanes) is 1. The number of hydrogen-bond acceptors (Lipinski definition) is 8. The third kappa shape index (κ3) is 18.9. The zero-order chi connectivity index (χ0) is 69.1. The molecule has 0 atom stereocenters. The Kier molecular flexibility index (Phi) is 24.2. The van der Waals surface area contributed by atoms with Crippen molar-refractivity contribution in [3.8, 4) is 0 Å². The molecule has 0 aliphatic carbocycles. The van der Waals surface area contributed by atoms with E-state index in [1.165, 1.54) is 131 Å². The number of rotatable bonds is 17. The summed E-state index contributed by atoms with van der Waals surface area (Å²) < 4.78 is 0. The van der Waals surface area contributed by atoms with E-state index in [1.54, 1.807) is 0 Å². The topological polar surface area (TPSA) is 208 Å². The predicted molar refractivity (Wildman–Crippen MR) is 417 cm³/mol. The van der Waals surface area contributed by atoms with Crippen molar-refractivity contribution in [2.24, 2.45) is 0 Å². The molecule has 0 aromatic heterocycles. The first kappa shape index (κ1) is 70.4. The summed E-state index contributed by atoms with van der Waals surface area (Å²) in [6.45, 7) is 17.5. The van der Waals surface area contributed by atoms with Gasteiger partial charge in [0.25, 0.3) is 0 Å². The molecule has 8 heteroatoms. The number of nitrogens with two attached hydrogens (primary N) is 8. The Bertz CT molecular complexity index is 4210. The van der Waals surface area contributed by atoms with Crippen molar-refractivity contribution in [1.82, 2.24) is 0 Å². The minimum absolute atomic E-state index is 0.172. The molecular formula is C89H98N8. The van der Waals surface area contributed by atoms with Gasteiger partial charge in [0, 0.05) is 69.2 Å². The second-order valence-corrected chi connectivity index (χ2v) is 26.0. The quantitative estimate of drug-likeness (QED) is 0.0324. The van der Waals surface area contributed by atoms with Crippen LogP contribution in [0, 0.1) is 41.5 Å². The van der Waals surface area contributed by atoms with E-state index in [1.807, 2.05) is 97.1 Å². The highest BCUT2D eigenvalue weighted by atomic mass is 14.6. The van der Waals surface area contributed by atoms with Crippen LogP contribution >= 0.6 is 0 Å². The van der Waals surface area contributed by atoms with Crippen LogP contribution in [0.2, 0.25) is 0 Å². The zero-order valence-electron chi connectivity index (χ0n) is 57.9. The largest absolute Gasteiger partial charge is 0.399 e. The molecule has 16 N–H and O–H groups in total. The molecule has 0 fully saturated rings. The summed E-state index contributed by atoms with van der Waals surface area (Å²) >= 11 is 0. The van der Waals surface area contributed by atoms with Gasteiger partial charge in [-0.1, -0.05) is 202 Å². The van der Waals surface area contributed by atoms with E-state index >= 15 is 0 Å². The highest BCUT2D eigenvalue weighted by Crippen LogP contribution is 2.40. The molecule has 0 aliphatic rings. The van der Waals surface area contributed by atoms with Crippen LogP contribution in [0.25, 0.3) is 0 Å². The van der Waals surface area contributed by atoms with Crippen molar-refractivity contribution in [3.63, 3.8) is 0 Å². The van der Waals surface area contributed by atoms with Gasteiger partial charge in [0.2, 0.25) is 0 Å². The minimum Gasteiger partial charge on any atom is -0.399 e. The van der Waals surface area contributed by atoms with Crippen molar-refractivity contribution in [1.29, 1.82) is 0 Å². The normalized spacial score (nSPS) is 11.0. The Hall–Kier alpha value is -11.0. The summed E-state index contributed by atoms with van der Waals surface area (Å²) in [7, 11) is 0. The summed E-state index contributed by atoms with van der Waals surface area (Å²) in [5, 5.41) is 0. The van der Waals surface area contributed by atoms with E-state index < -0.39 is 0 Å². The van der Waals surface area contributed by atoms with E-state index in [2.05, 4.69) is 225 Å². The van der Waals surface area contributed by atoms with Crippen LogP contribution in [0.5, 0.6) is 0 Å². The first-order valence-corrected chi connectivity index (χ1v) is 33.9. The van der Waals surface area contributed by atoms with Crippen molar-refractivity contribution < 1.29 is 0 Å². The minimum atomic E-state index is 0.172. The van der Waals surface area contributed by atoms with Gasteiger partial charge in [-0.3, -0.25) is 0 Å². The molecule has 0 heterocycles. The van der Waals surface area contributed by atoms with Gasteiger partial charge < -0.3 is 45.9 Å². The maximum Gasteiger partial charge on any atom is 0.0345 e. The third-order valence-electron chi connectivity index (χ3n) is 18.4. The lowest BCUT2D eigenvalue weighted by Gasteiger charge is -2.24. The summed E-state index contributed by atoms with van der Waals surface area (Å²) in [6, 6.07) is 92.4. The second-order valence-electron chi connectivity index (χ2n) is 26.0. The number of anilines is 8. The van der Waals surface area contributed by atoms with Crippen LogP contribution in [0.1, 0.15) is 168 Å². The van der Waals surface area contributed by atoms with E-state index in [-0.39, 0.29) is 23.7 Å². The van der Waals surface area contributed by atoms with Crippen LogP contribution in [-0.4, -0.2) is 0 Å². The first-order chi connectivity index (χ1) is 46.7. The van der Waals surface area contributed by atoms with E-state index in [9.17, 15) is 0 Å². The monoisotopic (exact) mass is 1280 g/mol. The fourth-order valence-electron chi connectivity index (χ4n) is 13.1. The molecule has 0 unspecified atom stereocenters. The Morgan fingerprint density at radius 1 is 0.227 bits per heavy atom. The highest BCUT2D eigenvalue weighted by Gasteiger charge is 2.23. The molecule has 0 aliphatic heterocycles. The van der Waals surface area contributed by atoms with Crippen LogP contribution < -0.4 is 45.9 Å². The van der Waals surface area contributed by atoms with Gasteiger partial charge in [0.1, 0.15) is 0 Å². The molecule has 0 amide bonds. The maximum absolute atomic E-state index is 5.89. The van der Waals surface area contributed by atoms with Gasteiger partial charge in [-0.2, -0.15) is 0 Å². The van der Waals surface area contributed by atoms with Gasteiger partial charge in [-0.15, -0.1) is 0 Å². The Balaban J connectivity index is 0.000000152. The molecule has 12 aromatic rings. The maximum atomic E-state index is 5.89. The van der Waals surface area contributed by atoms with Crippen LogP contribution in [0.15, 0.2) is 267 Å². The smallest absolute Gasteiger partial charge is 0.0345 e. The van der Waals surface area contributed by atoms with Crippen molar-refractivity contribution in [3.05, 3.63) is 378 Å². The zero-order valence-corrected chi connectivity index (χ0v) is 57.9. The summed E-state index contributed by atoms with van der Waals surface area (Å²) in [4.78, 5) is 0. The number of benzene rings is 12. The molecule has 0 saturated carbocycles. The highest BCUT2D eigenvalue weighted by molar-refractivity contribution is 5.58. The molecular weight excluding hydrogens is 1180 g/mol. The molecule has 494 valence electrons. The summed E-state index contributed by atoms with van der Waals surface area (Å²) in [5.74, 6) is 0.709. The van der Waals surface area contributed by atoms with Crippen molar-refractivity contribution in [2.45, 2.75) is 111 Å². The molecule has 97 heavy (non-hydrogen) atoms. The first-order valence-electron chi connectivity index (χ1n) is 33.9. The molecule has 0 spiro atoms. The van der Waals surface area contributed by atoms with Crippen LogP contribution in [0.4, 0.5) is 45.5 Å². The van der Waals surface area contributed by atoms with Gasteiger partial charge in [-0.05, 0) is 264 Å². The molecule has 8 nitrogen and oxygen atoms in total. The average Bonchev–Trinajstić information content (AvgIpc) is 0.819. The third-order valence-corrected chi connectivity index (χ3v) is 18.4. The van der Waals surface area contributed by atoms with Gasteiger partial charge in [0.05, 0.1) is 0 Å². The molecule has 12 aromatic carbocycles. The van der Waals surface area contributed by atoms with Crippen LogP contribution in [-0.2, 0) is 12.8 Å². The predicted octanol–water partition coefficient (Wildman–Crippen LogP) is 20.3. The number of aryl methyl sites for hydroxylation is 8. The number of hydrogen-bond donors (Lipinski definition) is 8. The van der Waals surface area contributed by atoms with Gasteiger partial charge in [0.15, 0.2) is 0 Å². The van der Waals surface area contributed by atoms with Gasteiger partial charge >= 0.3 is 0 Å². The standard InChI is InChI=1S/C23H26N2.3C22H24N2/c1-2-3-4-17-5-7-18(8-6-17)23(19-9-13-21(24)14-10-19)20-11-15-22(25)16-12-20;1-14-12-16(3)21(13-15(14)2)22(17-4-8-19(23)9-5-17)18-6-10-20(24)11-7-18;1-14-12-15(2)21(16(3)13-14)22(17-4-8-19(23)9-5-17)18-6-10-20(24)11-7-18;1-2-3-16-4-6-17(7-5-16)22(18-8-12-20(23)13-9-18)19-10-14-21(24)15-11-19/h5-16,23H,2-4,24-25H2,1H3;2*4-13,22H,23-24H2,1-3H3;4-15,22H,2-3,23-24H2,1H3. The van der Waals surface area contributed by atoms with Crippen molar-refractivity contribution >= 4 is 45.5 Å². The second kappa shape index (κ2) is 33.4.